The van der Waals surface area contributed by atoms with Gasteiger partial charge in [-0.3, -0.25) is 14.6 Å². The molecule has 1 aliphatic rings. The number of aromatic nitrogens is 3. The van der Waals surface area contributed by atoms with Crippen LogP contribution in [0.5, 0.6) is 0 Å². The van der Waals surface area contributed by atoms with Crippen LogP contribution < -0.4 is 22.1 Å². The number of hydrogen-bond acceptors (Lipinski definition) is 7. The minimum Gasteiger partial charge on any atom is -0.368 e. The van der Waals surface area contributed by atoms with Gasteiger partial charge in [-0.2, -0.15) is 0 Å². The van der Waals surface area contributed by atoms with Crippen LogP contribution in [0.25, 0.3) is 0 Å². The van der Waals surface area contributed by atoms with Crippen molar-refractivity contribution in [3.63, 3.8) is 0 Å². The molecule has 2 aromatic heterocycles. The summed E-state index contributed by atoms with van der Waals surface area (Å²) in [6, 6.07) is 1.84. The molecule has 1 fully saturated rings. The van der Waals surface area contributed by atoms with E-state index in [0.717, 1.165) is 5.56 Å². The van der Waals surface area contributed by atoms with Crippen molar-refractivity contribution in [3.05, 3.63) is 35.9 Å². The fourth-order valence-corrected chi connectivity index (χ4v) is 2.71. The Morgan fingerprint density at radius 2 is 2.00 bits per heavy atom. The van der Waals surface area contributed by atoms with E-state index in [0.29, 0.717) is 17.9 Å². The molecule has 2 atom stereocenters. The van der Waals surface area contributed by atoms with Gasteiger partial charge in [-0.05, 0) is 30.9 Å². The predicted octanol–water partition coefficient (Wildman–Crippen LogP) is 0.698. The summed E-state index contributed by atoms with van der Waals surface area (Å²) in [5.74, 6) is -0.557. The quantitative estimate of drug-likeness (QED) is 0.604. The molecule has 9 heteroatoms. The highest BCUT2D eigenvalue weighted by molar-refractivity contribution is 5.96. The first-order valence-electron chi connectivity index (χ1n) is 7.75. The van der Waals surface area contributed by atoms with E-state index in [2.05, 4.69) is 25.6 Å². The van der Waals surface area contributed by atoms with Crippen molar-refractivity contribution in [2.75, 3.05) is 10.6 Å². The lowest BCUT2D eigenvalue weighted by atomic mass is 10.2. The van der Waals surface area contributed by atoms with Crippen LogP contribution >= 0.6 is 0 Å². The van der Waals surface area contributed by atoms with Gasteiger partial charge in [-0.1, -0.05) is 6.92 Å². The summed E-state index contributed by atoms with van der Waals surface area (Å²) in [5.41, 5.74) is 11.6. The lowest BCUT2D eigenvalue weighted by Gasteiger charge is -2.17. The minimum absolute atomic E-state index is 0.0102. The Balaban J connectivity index is 1.92. The van der Waals surface area contributed by atoms with E-state index in [1.807, 2.05) is 19.9 Å². The van der Waals surface area contributed by atoms with E-state index in [-0.39, 0.29) is 17.4 Å². The van der Waals surface area contributed by atoms with Crippen LogP contribution in [-0.4, -0.2) is 32.3 Å². The van der Waals surface area contributed by atoms with Gasteiger partial charge in [-0.15, -0.1) is 0 Å². The second kappa shape index (κ2) is 6.00. The molecule has 2 aromatic rings. The fraction of sp³-hybridized carbons (Fsp3) is 0.312. The van der Waals surface area contributed by atoms with Crippen LogP contribution in [-0.2, 0) is 4.79 Å². The molecule has 0 saturated heterocycles. The number of primary amides is 2. The molecule has 1 aliphatic carbocycles. The summed E-state index contributed by atoms with van der Waals surface area (Å²) < 4.78 is 0. The summed E-state index contributed by atoms with van der Waals surface area (Å²) in [7, 11) is 0. The second-order valence-electron chi connectivity index (χ2n) is 6.26. The number of carbonyl (C=O) groups excluding carboxylic acids is 2. The van der Waals surface area contributed by atoms with Crippen molar-refractivity contribution >= 4 is 29.1 Å². The van der Waals surface area contributed by atoms with E-state index >= 15 is 0 Å². The average molecular weight is 341 g/mol. The molecular formula is C16H19N7O2. The Kier molecular flexibility index (Phi) is 3.99. The maximum atomic E-state index is 11.7. The molecule has 6 N–H and O–H groups in total. The summed E-state index contributed by atoms with van der Waals surface area (Å²) in [6.07, 6.45) is 5.27. The molecule has 25 heavy (non-hydrogen) atoms. The zero-order valence-electron chi connectivity index (χ0n) is 13.9. The van der Waals surface area contributed by atoms with Gasteiger partial charge in [0, 0.05) is 6.20 Å². The van der Waals surface area contributed by atoms with Gasteiger partial charge in [0.25, 0.3) is 5.91 Å². The van der Waals surface area contributed by atoms with E-state index in [1.165, 1.54) is 6.20 Å². The maximum Gasteiger partial charge on any atom is 0.271 e. The molecule has 130 valence electrons. The lowest BCUT2D eigenvalue weighted by molar-refractivity contribution is -0.119. The smallest absolute Gasteiger partial charge is 0.271 e. The Hall–Kier alpha value is -3.23. The maximum absolute atomic E-state index is 11.7. The third-order valence-corrected chi connectivity index (χ3v) is 4.24. The molecule has 2 unspecified atom stereocenters. The van der Waals surface area contributed by atoms with E-state index in [4.69, 9.17) is 11.5 Å². The molecule has 2 amide bonds. The van der Waals surface area contributed by atoms with Gasteiger partial charge in [0.1, 0.15) is 11.4 Å². The Morgan fingerprint density at radius 1 is 1.28 bits per heavy atom. The zero-order chi connectivity index (χ0) is 18.2. The van der Waals surface area contributed by atoms with E-state index < -0.39 is 17.4 Å². The van der Waals surface area contributed by atoms with Crippen LogP contribution in [0, 0.1) is 12.8 Å². The van der Waals surface area contributed by atoms with Crippen LogP contribution in [0.1, 0.15) is 29.4 Å². The second-order valence-corrected chi connectivity index (χ2v) is 6.26. The van der Waals surface area contributed by atoms with Gasteiger partial charge >= 0.3 is 0 Å². The van der Waals surface area contributed by atoms with E-state index in [9.17, 15) is 9.59 Å². The normalized spacial score (nSPS) is 21.4. The van der Waals surface area contributed by atoms with Crippen LogP contribution in [0.3, 0.4) is 0 Å². The molecular weight excluding hydrogens is 322 g/mol. The van der Waals surface area contributed by atoms with Gasteiger partial charge in [0.2, 0.25) is 5.91 Å². The van der Waals surface area contributed by atoms with Gasteiger partial charge in [0.15, 0.2) is 11.5 Å². The highest BCUT2D eigenvalue weighted by Crippen LogP contribution is 2.45. The van der Waals surface area contributed by atoms with Gasteiger partial charge in [-0.25, -0.2) is 9.97 Å². The summed E-state index contributed by atoms with van der Waals surface area (Å²) in [4.78, 5) is 35.8. The molecule has 0 aromatic carbocycles. The van der Waals surface area contributed by atoms with Crippen LogP contribution in [0.2, 0.25) is 0 Å². The fourth-order valence-electron chi connectivity index (χ4n) is 2.71. The molecule has 3 rings (SSSR count). The van der Waals surface area contributed by atoms with Crippen LogP contribution in [0.15, 0.2) is 24.7 Å². The largest absolute Gasteiger partial charge is 0.368 e. The first-order chi connectivity index (χ1) is 11.8. The van der Waals surface area contributed by atoms with E-state index in [1.54, 1.807) is 12.4 Å². The SMILES string of the molecule is Cc1cncc(Nc2nc(NC3(C(N)=O)CC3C)cnc2C(N)=O)c1. The Bertz CT molecular complexity index is 854. The van der Waals surface area contributed by atoms with Crippen molar-refractivity contribution in [2.24, 2.45) is 17.4 Å². The number of anilines is 3. The topological polar surface area (TPSA) is 149 Å². The number of aryl methyl sites for hydroxylation is 1. The van der Waals surface area contributed by atoms with Crippen molar-refractivity contribution in [3.8, 4) is 0 Å². The number of nitrogens with zero attached hydrogens (tertiary/aromatic N) is 3. The minimum atomic E-state index is -0.828. The first kappa shape index (κ1) is 16.6. The predicted molar refractivity (Wildman–Crippen MR) is 92.1 cm³/mol. The molecule has 1 saturated carbocycles. The number of nitrogens with one attached hydrogen (secondary N) is 2. The molecule has 2 heterocycles. The first-order valence-corrected chi connectivity index (χ1v) is 7.75. The van der Waals surface area contributed by atoms with Gasteiger partial charge < -0.3 is 22.1 Å². The number of carbonyl (C=O) groups is 2. The average Bonchev–Trinajstić information content (AvgIpc) is 3.18. The molecule has 0 radical (unpaired) electrons. The summed E-state index contributed by atoms with van der Waals surface area (Å²) >= 11 is 0. The Morgan fingerprint density at radius 3 is 2.56 bits per heavy atom. The summed E-state index contributed by atoms with van der Waals surface area (Å²) in [6.45, 7) is 3.81. The van der Waals surface area contributed by atoms with Crippen molar-refractivity contribution < 1.29 is 9.59 Å². The molecule has 0 aliphatic heterocycles. The molecule has 0 spiro atoms. The standard InChI is InChI=1S/C16H19N7O2/c1-8-3-10(6-19-5-8)21-14-12(13(17)24)20-7-11(22-14)23-16(15(18)25)4-9(16)2/h3,5-7,9H,4H2,1-2H3,(H2,17,24)(H2,18,25)(H2,21,22,23). The Labute approximate surface area is 144 Å². The highest BCUT2D eigenvalue weighted by atomic mass is 16.2. The van der Waals surface area contributed by atoms with Crippen LogP contribution in [0.4, 0.5) is 17.3 Å². The van der Waals surface area contributed by atoms with Crippen molar-refractivity contribution in [1.29, 1.82) is 0 Å². The number of pyridine rings is 1. The number of hydrogen-bond donors (Lipinski definition) is 4. The number of rotatable bonds is 6. The monoisotopic (exact) mass is 341 g/mol. The lowest BCUT2D eigenvalue weighted by Crippen LogP contribution is -2.39. The highest BCUT2D eigenvalue weighted by Gasteiger charge is 2.56. The molecule has 9 nitrogen and oxygen atoms in total. The zero-order valence-corrected chi connectivity index (χ0v) is 13.9. The summed E-state index contributed by atoms with van der Waals surface area (Å²) in [5, 5.41) is 6.01. The molecule has 0 bridgehead atoms. The van der Waals surface area contributed by atoms with Crippen molar-refractivity contribution in [2.45, 2.75) is 25.8 Å². The number of amides is 2. The third kappa shape index (κ3) is 3.21. The number of nitrogens with two attached hydrogens (primary N) is 2. The van der Waals surface area contributed by atoms with Crippen molar-refractivity contribution in [1.82, 2.24) is 15.0 Å². The third-order valence-electron chi connectivity index (χ3n) is 4.24. The van der Waals surface area contributed by atoms with Gasteiger partial charge in [0.05, 0.1) is 18.1 Å².